The SMILES string of the molecule is CC(C)OC(=O)c1c(NC(=O)CCC(=O)O)sc2c1CC[C@@H](c1ccccc1)C2. The van der Waals surface area contributed by atoms with Crippen LogP contribution in [-0.2, 0) is 27.2 Å². The highest BCUT2D eigenvalue weighted by atomic mass is 32.1. The summed E-state index contributed by atoms with van der Waals surface area (Å²) in [5.41, 5.74) is 2.64. The summed E-state index contributed by atoms with van der Waals surface area (Å²) in [5, 5.41) is 12.0. The second kappa shape index (κ2) is 9.22. The molecule has 0 fully saturated rings. The Balaban J connectivity index is 1.87. The summed E-state index contributed by atoms with van der Waals surface area (Å²) in [4.78, 5) is 36.7. The number of anilines is 1. The van der Waals surface area contributed by atoms with Crippen LogP contribution in [0.2, 0.25) is 0 Å². The minimum atomic E-state index is -1.03. The molecule has 0 radical (unpaired) electrons. The van der Waals surface area contributed by atoms with E-state index in [1.807, 2.05) is 18.2 Å². The number of nitrogens with one attached hydrogen (secondary N) is 1. The van der Waals surface area contributed by atoms with Crippen LogP contribution in [0, 0.1) is 0 Å². The molecule has 154 valence electrons. The number of thiophene rings is 1. The number of benzene rings is 1. The number of ether oxygens (including phenoxy) is 1. The highest BCUT2D eigenvalue weighted by Gasteiger charge is 2.31. The zero-order valence-electron chi connectivity index (χ0n) is 16.6. The number of carboxylic acid groups (broad SMARTS) is 1. The van der Waals surface area contributed by atoms with Gasteiger partial charge < -0.3 is 15.2 Å². The molecule has 1 aromatic heterocycles. The van der Waals surface area contributed by atoms with Gasteiger partial charge in [-0.2, -0.15) is 0 Å². The summed E-state index contributed by atoms with van der Waals surface area (Å²) in [5.74, 6) is -1.52. The molecule has 0 unspecified atom stereocenters. The maximum Gasteiger partial charge on any atom is 0.341 e. The number of carboxylic acids is 1. The van der Waals surface area contributed by atoms with E-state index in [9.17, 15) is 14.4 Å². The van der Waals surface area contributed by atoms with Gasteiger partial charge in [0.25, 0.3) is 0 Å². The fourth-order valence-electron chi connectivity index (χ4n) is 3.58. The van der Waals surface area contributed by atoms with Gasteiger partial charge in [-0.15, -0.1) is 11.3 Å². The molecule has 1 aliphatic carbocycles. The summed E-state index contributed by atoms with van der Waals surface area (Å²) < 4.78 is 5.41. The summed E-state index contributed by atoms with van der Waals surface area (Å²) >= 11 is 1.40. The zero-order chi connectivity index (χ0) is 21.0. The number of fused-ring (bicyclic) bond motifs is 1. The predicted molar refractivity (Wildman–Crippen MR) is 112 cm³/mol. The van der Waals surface area contributed by atoms with Crippen LogP contribution in [0.4, 0.5) is 5.00 Å². The Bertz CT molecular complexity index is 903. The number of amides is 1. The van der Waals surface area contributed by atoms with E-state index in [1.54, 1.807) is 13.8 Å². The molecule has 2 N–H and O–H groups in total. The number of carbonyl (C=O) groups is 3. The molecule has 0 spiro atoms. The minimum Gasteiger partial charge on any atom is -0.481 e. The van der Waals surface area contributed by atoms with E-state index in [2.05, 4.69) is 17.4 Å². The van der Waals surface area contributed by atoms with Crippen LogP contribution < -0.4 is 5.32 Å². The Kier molecular flexibility index (Phi) is 6.69. The van der Waals surface area contributed by atoms with Crippen LogP contribution in [0.5, 0.6) is 0 Å². The standard InChI is InChI=1S/C22H25NO5S/c1-13(2)28-22(27)20-16-9-8-15(14-6-4-3-5-7-14)12-17(16)29-21(20)23-18(24)10-11-19(25)26/h3-7,13,15H,8-12H2,1-2H3,(H,23,24)(H,25,26)/t15-/m1/s1. The zero-order valence-corrected chi connectivity index (χ0v) is 17.4. The second-order valence-electron chi connectivity index (χ2n) is 7.45. The number of hydrogen-bond acceptors (Lipinski definition) is 5. The largest absolute Gasteiger partial charge is 0.481 e. The van der Waals surface area contributed by atoms with Crippen LogP contribution in [-0.4, -0.2) is 29.1 Å². The monoisotopic (exact) mass is 415 g/mol. The highest BCUT2D eigenvalue weighted by molar-refractivity contribution is 7.17. The summed E-state index contributed by atoms with van der Waals surface area (Å²) in [6.45, 7) is 3.57. The van der Waals surface area contributed by atoms with Crippen molar-refractivity contribution >= 4 is 34.2 Å². The van der Waals surface area contributed by atoms with Gasteiger partial charge >= 0.3 is 11.9 Å². The predicted octanol–water partition coefficient (Wildman–Crippen LogP) is 4.39. The quantitative estimate of drug-likeness (QED) is 0.654. The first kappa shape index (κ1) is 21.0. The van der Waals surface area contributed by atoms with Crippen molar-refractivity contribution in [3.63, 3.8) is 0 Å². The normalized spacial score (nSPS) is 15.6. The van der Waals surface area contributed by atoms with E-state index in [1.165, 1.54) is 16.9 Å². The van der Waals surface area contributed by atoms with Gasteiger partial charge in [0, 0.05) is 11.3 Å². The molecule has 1 aromatic carbocycles. The Labute approximate surface area is 173 Å². The van der Waals surface area contributed by atoms with Crippen molar-refractivity contribution in [2.45, 2.75) is 58.0 Å². The van der Waals surface area contributed by atoms with Crippen molar-refractivity contribution in [1.82, 2.24) is 0 Å². The van der Waals surface area contributed by atoms with Crippen LogP contribution >= 0.6 is 11.3 Å². The summed E-state index contributed by atoms with van der Waals surface area (Å²) in [6.07, 6.45) is 1.80. The molecule has 0 saturated heterocycles. The summed E-state index contributed by atoms with van der Waals surface area (Å²) in [6, 6.07) is 10.3. The average Bonchev–Trinajstić information content (AvgIpc) is 3.03. The van der Waals surface area contributed by atoms with Gasteiger partial charge in [-0.1, -0.05) is 30.3 Å². The van der Waals surface area contributed by atoms with E-state index in [-0.39, 0.29) is 18.9 Å². The van der Waals surface area contributed by atoms with Crippen molar-refractivity contribution < 1.29 is 24.2 Å². The van der Waals surface area contributed by atoms with Gasteiger partial charge in [0.1, 0.15) is 5.00 Å². The molecule has 0 aliphatic heterocycles. The lowest BCUT2D eigenvalue weighted by atomic mass is 9.83. The molecular formula is C22H25NO5S. The lowest BCUT2D eigenvalue weighted by Gasteiger charge is -2.23. The molecule has 1 atom stereocenters. The van der Waals surface area contributed by atoms with Crippen molar-refractivity contribution in [1.29, 1.82) is 0 Å². The van der Waals surface area contributed by atoms with E-state index >= 15 is 0 Å². The second-order valence-corrected chi connectivity index (χ2v) is 8.56. The first-order valence-corrected chi connectivity index (χ1v) is 10.6. The molecule has 2 aromatic rings. The molecule has 6 nitrogen and oxygen atoms in total. The van der Waals surface area contributed by atoms with E-state index in [0.29, 0.717) is 16.5 Å². The van der Waals surface area contributed by atoms with Crippen molar-refractivity contribution in [3.05, 3.63) is 51.9 Å². The van der Waals surface area contributed by atoms with E-state index < -0.39 is 17.8 Å². The van der Waals surface area contributed by atoms with E-state index in [0.717, 1.165) is 29.7 Å². The first-order valence-electron chi connectivity index (χ1n) is 9.77. The van der Waals surface area contributed by atoms with Gasteiger partial charge in [0.2, 0.25) is 5.91 Å². The van der Waals surface area contributed by atoms with Crippen molar-refractivity contribution in [3.8, 4) is 0 Å². The van der Waals surface area contributed by atoms with Crippen LogP contribution in [0.1, 0.15) is 65.4 Å². The number of rotatable bonds is 7. The topological polar surface area (TPSA) is 92.7 Å². The molecule has 1 heterocycles. The maximum absolute atomic E-state index is 12.7. The lowest BCUT2D eigenvalue weighted by Crippen LogP contribution is -2.19. The minimum absolute atomic E-state index is 0.136. The number of aliphatic carboxylic acids is 1. The van der Waals surface area contributed by atoms with Crippen LogP contribution in [0.25, 0.3) is 0 Å². The molecule has 29 heavy (non-hydrogen) atoms. The van der Waals surface area contributed by atoms with Gasteiger partial charge in [-0.05, 0) is 50.2 Å². The Morgan fingerprint density at radius 1 is 1.21 bits per heavy atom. The molecule has 1 amide bonds. The van der Waals surface area contributed by atoms with Crippen LogP contribution in [0.15, 0.2) is 30.3 Å². The van der Waals surface area contributed by atoms with E-state index in [4.69, 9.17) is 9.84 Å². The Morgan fingerprint density at radius 3 is 2.59 bits per heavy atom. The van der Waals surface area contributed by atoms with Crippen molar-refractivity contribution in [2.75, 3.05) is 5.32 Å². The third-order valence-electron chi connectivity index (χ3n) is 4.90. The third kappa shape index (κ3) is 5.23. The highest BCUT2D eigenvalue weighted by Crippen LogP contribution is 2.43. The fraction of sp³-hybridized carbons (Fsp3) is 0.409. The first-order chi connectivity index (χ1) is 13.8. The van der Waals surface area contributed by atoms with Crippen LogP contribution in [0.3, 0.4) is 0 Å². The van der Waals surface area contributed by atoms with Gasteiger partial charge in [-0.3, -0.25) is 9.59 Å². The molecule has 3 rings (SSSR count). The van der Waals surface area contributed by atoms with Gasteiger partial charge in [0.15, 0.2) is 0 Å². The number of esters is 1. The fourth-order valence-corrected chi connectivity index (χ4v) is 4.91. The Hall–Kier alpha value is -2.67. The third-order valence-corrected chi connectivity index (χ3v) is 6.07. The average molecular weight is 416 g/mol. The molecule has 0 saturated carbocycles. The maximum atomic E-state index is 12.7. The molecule has 0 bridgehead atoms. The van der Waals surface area contributed by atoms with Gasteiger partial charge in [0.05, 0.1) is 18.1 Å². The molecule has 1 aliphatic rings. The smallest absolute Gasteiger partial charge is 0.341 e. The molecular weight excluding hydrogens is 390 g/mol. The van der Waals surface area contributed by atoms with Crippen molar-refractivity contribution in [2.24, 2.45) is 0 Å². The lowest BCUT2D eigenvalue weighted by molar-refractivity contribution is -0.138. The number of hydrogen-bond donors (Lipinski definition) is 2. The number of carbonyl (C=O) groups excluding carboxylic acids is 2. The van der Waals surface area contributed by atoms with Gasteiger partial charge in [-0.25, -0.2) is 4.79 Å². The summed E-state index contributed by atoms with van der Waals surface area (Å²) in [7, 11) is 0. The Morgan fingerprint density at radius 2 is 1.93 bits per heavy atom. The molecule has 7 heteroatoms.